The molecule has 0 saturated carbocycles. The maximum atomic E-state index is 13.9. The highest BCUT2D eigenvalue weighted by molar-refractivity contribution is 6.31. The molecular formula is C34H34ClN3O10. The Kier molecular flexibility index (Phi) is 8.79. The minimum Gasteiger partial charge on any atom is -0.507 e. The number of carbonyl (C=O) groups is 3. The monoisotopic (exact) mass is 679 g/mol. The van der Waals surface area contributed by atoms with Crippen LogP contribution in [0, 0.1) is 0 Å². The summed E-state index contributed by atoms with van der Waals surface area (Å²) in [6.45, 7) is 3.07. The number of benzene rings is 3. The highest BCUT2D eigenvalue weighted by Gasteiger charge is 2.49. The molecule has 1 amide bonds. The summed E-state index contributed by atoms with van der Waals surface area (Å²) in [5.41, 5.74) is 5.83. The smallest absolute Gasteiger partial charge is 0.271 e. The number of aliphatic hydroxyl groups is 2. The van der Waals surface area contributed by atoms with Crippen molar-refractivity contribution in [1.82, 2.24) is 5.43 Å². The summed E-state index contributed by atoms with van der Waals surface area (Å²) in [5, 5.41) is 50.4. The van der Waals surface area contributed by atoms with Crippen molar-refractivity contribution in [3.05, 3.63) is 86.4 Å². The van der Waals surface area contributed by atoms with E-state index in [1.165, 1.54) is 56.5 Å². The first-order chi connectivity index (χ1) is 22.7. The van der Waals surface area contributed by atoms with Crippen LogP contribution in [-0.2, 0) is 15.9 Å². The highest BCUT2D eigenvalue weighted by atomic mass is 35.5. The van der Waals surface area contributed by atoms with Gasteiger partial charge in [-0.05, 0) is 44.2 Å². The Bertz CT molecular complexity index is 1850. The van der Waals surface area contributed by atoms with E-state index in [0.717, 1.165) is 0 Å². The average Bonchev–Trinajstić information content (AvgIpc) is 3.06. The zero-order valence-corrected chi connectivity index (χ0v) is 26.9. The van der Waals surface area contributed by atoms with Crippen molar-refractivity contribution in [2.45, 2.75) is 69.4 Å². The van der Waals surface area contributed by atoms with E-state index in [1.807, 2.05) is 0 Å². The number of phenols is 2. The number of nitrogens with zero attached hydrogens (tertiary/aromatic N) is 1. The quantitative estimate of drug-likeness (QED) is 0.0991. The van der Waals surface area contributed by atoms with E-state index in [2.05, 4.69) is 10.5 Å². The summed E-state index contributed by atoms with van der Waals surface area (Å²) < 4.78 is 17.5. The Balaban J connectivity index is 1.44. The first-order valence-corrected chi connectivity index (χ1v) is 15.6. The number of nitrogens with one attached hydrogen (secondary N) is 1. The van der Waals surface area contributed by atoms with Crippen LogP contribution in [0.2, 0.25) is 5.02 Å². The first-order valence-electron chi connectivity index (χ1n) is 15.2. The third kappa shape index (κ3) is 5.62. The Labute approximate surface area is 279 Å². The van der Waals surface area contributed by atoms with Gasteiger partial charge < -0.3 is 40.4 Å². The molecule has 3 aromatic carbocycles. The molecule has 1 aliphatic heterocycles. The lowest BCUT2D eigenvalue weighted by molar-refractivity contribution is -0.245. The summed E-state index contributed by atoms with van der Waals surface area (Å²) in [6.07, 6.45) is -4.60. The number of hydrogen-bond donors (Lipinski definition) is 6. The second-order valence-electron chi connectivity index (χ2n) is 12.2. The van der Waals surface area contributed by atoms with Crippen molar-refractivity contribution >= 4 is 34.8 Å². The fraction of sp³-hybridized carbons (Fsp3) is 0.353. The average molecular weight is 680 g/mol. The van der Waals surface area contributed by atoms with E-state index in [-0.39, 0.29) is 58.5 Å². The standard InChI is InChI=1S/C34H34ClN3O10/c1-14-28(39)20(36)11-23(47-14)48-22-13-34(45,15(2)37-38-33(44)16-7-9-17(35)10-8-16)12-19-25(22)32(43)27-26(30(19)41)29(40)18-5-4-6-21(46-3)24(18)31(27)42/h4-10,14,20,22-23,28,39,41,43,45H,11-13,36H2,1-3H3,(H,38,44)/b37-15-/t14-,20+,22+,23-,28-,34-/m0/s1. The molecule has 2 aliphatic carbocycles. The van der Waals surface area contributed by atoms with Crippen LogP contribution in [0.15, 0.2) is 47.6 Å². The Morgan fingerprint density at radius 1 is 1.08 bits per heavy atom. The SMILES string of the molecule is COc1cccc2c1C(=O)c1c(O)c3c(c(O)c1C2=O)C[C@@](O)(/C(C)=N\NC(=O)c1ccc(Cl)cc1)C[C@H]3O[C@H]1C[C@@H](N)[C@@H](O)[C@H](C)O1. The van der Waals surface area contributed by atoms with E-state index in [4.69, 9.17) is 31.5 Å². The molecule has 0 aromatic heterocycles. The number of phenolic OH excluding ortho intramolecular Hbond substituents is 2. The topological polar surface area (TPSA) is 210 Å². The van der Waals surface area contributed by atoms with Gasteiger partial charge in [-0.15, -0.1) is 0 Å². The molecule has 0 spiro atoms. The number of ether oxygens (including phenoxy) is 3. The van der Waals surface area contributed by atoms with Crippen molar-refractivity contribution in [2.75, 3.05) is 7.11 Å². The molecule has 6 atom stereocenters. The van der Waals surface area contributed by atoms with Gasteiger partial charge in [-0.25, -0.2) is 5.43 Å². The summed E-state index contributed by atoms with van der Waals surface area (Å²) in [6, 6.07) is 9.80. The molecule has 0 radical (unpaired) electrons. The normalized spacial score (nSPS) is 26.7. The molecule has 1 fully saturated rings. The largest absolute Gasteiger partial charge is 0.507 e. The maximum Gasteiger partial charge on any atom is 0.271 e. The number of carbonyl (C=O) groups excluding carboxylic acids is 3. The Morgan fingerprint density at radius 3 is 2.44 bits per heavy atom. The number of aliphatic hydroxyl groups excluding tert-OH is 1. The predicted octanol–water partition coefficient (Wildman–Crippen LogP) is 2.90. The minimum atomic E-state index is -1.91. The fourth-order valence-electron chi connectivity index (χ4n) is 6.57. The molecular weight excluding hydrogens is 646 g/mol. The van der Waals surface area contributed by atoms with Crippen molar-refractivity contribution in [3.8, 4) is 17.2 Å². The van der Waals surface area contributed by atoms with Gasteiger partial charge in [0.1, 0.15) is 22.8 Å². The fourth-order valence-corrected chi connectivity index (χ4v) is 6.70. The number of halogens is 1. The molecule has 0 unspecified atom stereocenters. The number of hydrazone groups is 1. The van der Waals surface area contributed by atoms with Crippen LogP contribution in [0.4, 0.5) is 0 Å². The van der Waals surface area contributed by atoms with Gasteiger partial charge in [-0.3, -0.25) is 14.4 Å². The summed E-state index contributed by atoms with van der Waals surface area (Å²) in [7, 11) is 1.34. The number of methoxy groups -OCH3 is 1. The number of aromatic hydroxyl groups is 2. The molecule has 3 aromatic rings. The number of fused-ring (bicyclic) bond motifs is 3. The molecule has 48 heavy (non-hydrogen) atoms. The van der Waals surface area contributed by atoms with Gasteiger partial charge in [0.05, 0.1) is 47.8 Å². The molecule has 3 aliphatic rings. The lowest BCUT2D eigenvalue weighted by Gasteiger charge is -2.42. The van der Waals surface area contributed by atoms with Gasteiger partial charge in [0.25, 0.3) is 5.91 Å². The van der Waals surface area contributed by atoms with Gasteiger partial charge in [0.15, 0.2) is 12.1 Å². The first kappa shape index (κ1) is 33.5. The Morgan fingerprint density at radius 2 is 1.77 bits per heavy atom. The van der Waals surface area contributed by atoms with Crippen LogP contribution in [0.3, 0.4) is 0 Å². The van der Waals surface area contributed by atoms with E-state index in [0.29, 0.717) is 5.02 Å². The molecule has 1 saturated heterocycles. The van der Waals surface area contributed by atoms with E-state index >= 15 is 0 Å². The lowest BCUT2D eigenvalue weighted by Crippen LogP contribution is -2.52. The van der Waals surface area contributed by atoms with Crippen LogP contribution in [0.1, 0.15) is 86.1 Å². The van der Waals surface area contributed by atoms with Crippen LogP contribution < -0.4 is 15.9 Å². The van der Waals surface area contributed by atoms with Crippen molar-refractivity contribution in [3.63, 3.8) is 0 Å². The van der Waals surface area contributed by atoms with Gasteiger partial charge in [0.2, 0.25) is 5.78 Å². The van der Waals surface area contributed by atoms with Crippen molar-refractivity contribution in [1.29, 1.82) is 0 Å². The molecule has 14 heteroatoms. The van der Waals surface area contributed by atoms with Crippen LogP contribution in [0.25, 0.3) is 0 Å². The number of rotatable bonds is 6. The van der Waals surface area contributed by atoms with Crippen LogP contribution in [-0.4, -0.2) is 80.9 Å². The van der Waals surface area contributed by atoms with Crippen molar-refractivity contribution in [2.24, 2.45) is 10.8 Å². The summed E-state index contributed by atoms with van der Waals surface area (Å²) in [4.78, 5) is 40.5. The van der Waals surface area contributed by atoms with Gasteiger partial charge in [-0.2, -0.15) is 5.10 Å². The minimum absolute atomic E-state index is 0.0169. The highest BCUT2D eigenvalue weighted by Crippen LogP contribution is 2.52. The van der Waals surface area contributed by atoms with E-state index < -0.39 is 76.3 Å². The number of hydrogen-bond acceptors (Lipinski definition) is 12. The van der Waals surface area contributed by atoms with Crippen LogP contribution in [0.5, 0.6) is 17.2 Å². The van der Waals surface area contributed by atoms with E-state index in [1.54, 1.807) is 6.92 Å². The second-order valence-corrected chi connectivity index (χ2v) is 12.7. The number of amides is 1. The third-order valence-electron chi connectivity index (χ3n) is 9.25. The van der Waals surface area contributed by atoms with Gasteiger partial charge in [0, 0.05) is 52.6 Å². The Hall–Kier alpha value is -4.37. The molecule has 252 valence electrons. The lowest BCUT2D eigenvalue weighted by atomic mass is 9.71. The molecule has 7 N–H and O–H groups in total. The molecule has 6 rings (SSSR count). The van der Waals surface area contributed by atoms with E-state index in [9.17, 15) is 34.8 Å². The maximum absolute atomic E-state index is 13.9. The number of nitrogens with two attached hydrogens (primary N) is 1. The molecule has 0 bridgehead atoms. The second kappa shape index (κ2) is 12.6. The molecule has 1 heterocycles. The zero-order chi connectivity index (χ0) is 34.7. The third-order valence-corrected chi connectivity index (χ3v) is 9.50. The zero-order valence-electron chi connectivity index (χ0n) is 26.2. The van der Waals surface area contributed by atoms with Crippen molar-refractivity contribution < 1.29 is 49.0 Å². The summed E-state index contributed by atoms with van der Waals surface area (Å²) in [5.74, 6) is -3.19. The molecule has 13 nitrogen and oxygen atoms in total. The predicted molar refractivity (Wildman–Crippen MR) is 172 cm³/mol. The summed E-state index contributed by atoms with van der Waals surface area (Å²) >= 11 is 5.92. The van der Waals surface area contributed by atoms with Crippen LogP contribution >= 0.6 is 11.6 Å². The van der Waals surface area contributed by atoms with Gasteiger partial charge in [-0.1, -0.05) is 23.7 Å². The number of ketones is 2. The van der Waals surface area contributed by atoms with Gasteiger partial charge >= 0.3 is 0 Å².